The molecule has 0 spiro atoms. The Hall–Kier alpha value is -4.26. The number of carbonyl (C=O) groups is 2. The number of aliphatic hydroxyl groups excluding tert-OH is 1. The van der Waals surface area contributed by atoms with Gasteiger partial charge in [0.2, 0.25) is 0 Å². The van der Waals surface area contributed by atoms with Crippen LogP contribution < -0.4 is 19.1 Å². The molecule has 3 aromatic rings. The maximum absolute atomic E-state index is 13.6. The largest absolute Gasteiger partial charge is 0.507 e. The van der Waals surface area contributed by atoms with E-state index in [2.05, 4.69) is 6.92 Å². The van der Waals surface area contributed by atoms with Gasteiger partial charge in [0.05, 0.1) is 38.6 Å². The van der Waals surface area contributed by atoms with E-state index in [1.165, 1.54) is 19.1 Å². The monoisotopic (exact) mass is 529 g/mol. The van der Waals surface area contributed by atoms with E-state index >= 15 is 0 Å². The number of rotatable bonds is 7. The lowest BCUT2D eigenvalue weighted by molar-refractivity contribution is -0.132. The van der Waals surface area contributed by atoms with E-state index in [1.807, 2.05) is 51.1 Å². The lowest BCUT2D eigenvalue weighted by atomic mass is 9.84. The highest BCUT2D eigenvalue weighted by Crippen LogP contribution is 2.44. The highest BCUT2D eigenvalue weighted by Gasteiger charge is 2.47. The van der Waals surface area contributed by atoms with Crippen molar-refractivity contribution in [2.24, 2.45) is 0 Å². The molecular weight excluding hydrogens is 494 g/mol. The Balaban J connectivity index is 1.98. The lowest BCUT2D eigenvalue weighted by Gasteiger charge is -2.26. The van der Waals surface area contributed by atoms with Crippen molar-refractivity contribution in [2.45, 2.75) is 45.6 Å². The highest BCUT2D eigenvalue weighted by molar-refractivity contribution is 6.51. The van der Waals surface area contributed by atoms with E-state index in [1.54, 1.807) is 37.4 Å². The van der Waals surface area contributed by atoms with Gasteiger partial charge in [-0.05, 0) is 41.2 Å². The molecule has 0 aliphatic carbocycles. The molecule has 0 saturated carbocycles. The second-order valence-corrected chi connectivity index (χ2v) is 10.5. The van der Waals surface area contributed by atoms with Gasteiger partial charge in [-0.2, -0.15) is 0 Å². The Labute approximate surface area is 229 Å². The summed E-state index contributed by atoms with van der Waals surface area (Å²) in [6.45, 7) is 8.18. The van der Waals surface area contributed by atoms with Gasteiger partial charge in [0.25, 0.3) is 11.7 Å². The van der Waals surface area contributed by atoms with Crippen molar-refractivity contribution in [3.63, 3.8) is 0 Å². The van der Waals surface area contributed by atoms with E-state index < -0.39 is 17.7 Å². The average Bonchev–Trinajstić information content (AvgIpc) is 3.21. The van der Waals surface area contributed by atoms with Crippen LogP contribution in [0.3, 0.4) is 0 Å². The molecule has 39 heavy (non-hydrogen) atoms. The number of aliphatic hydroxyl groups is 1. The van der Waals surface area contributed by atoms with E-state index in [9.17, 15) is 14.7 Å². The molecule has 0 radical (unpaired) electrons. The number of hydrogen-bond acceptors (Lipinski definition) is 6. The smallest absolute Gasteiger partial charge is 0.300 e. The van der Waals surface area contributed by atoms with Crippen LogP contribution in [0.25, 0.3) is 5.76 Å². The molecule has 1 unspecified atom stereocenters. The number of aryl methyl sites for hydroxylation is 1. The summed E-state index contributed by atoms with van der Waals surface area (Å²) in [4.78, 5) is 28.6. The molecule has 7 heteroatoms. The van der Waals surface area contributed by atoms with Crippen molar-refractivity contribution in [1.82, 2.24) is 0 Å². The molecule has 1 aliphatic rings. The Morgan fingerprint density at radius 3 is 2.00 bits per heavy atom. The molecule has 1 fully saturated rings. The number of benzene rings is 3. The van der Waals surface area contributed by atoms with Gasteiger partial charge in [-0.3, -0.25) is 14.5 Å². The van der Waals surface area contributed by atoms with E-state index in [4.69, 9.17) is 14.2 Å². The number of anilines is 1. The van der Waals surface area contributed by atoms with Crippen molar-refractivity contribution in [2.75, 3.05) is 26.2 Å². The molecule has 4 rings (SSSR count). The zero-order chi connectivity index (χ0) is 28.5. The maximum Gasteiger partial charge on any atom is 0.300 e. The third kappa shape index (κ3) is 5.21. The second-order valence-electron chi connectivity index (χ2n) is 10.5. The van der Waals surface area contributed by atoms with Gasteiger partial charge in [-0.15, -0.1) is 0 Å². The quantitative estimate of drug-likeness (QED) is 0.223. The molecule has 1 amide bonds. The summed E-state index contributed by atoms with van der Waals surface area (Å²) in [5.41, 5.74) is 3.24. The van der Waals surface area contributed by atoms with Crippen LogP contribution in [0.5, 0.6) is 17.2 Å². The molecule has 0 bridgehead atoms. The van der Waals surface area contributed by atoms with Gasteiger partial charge in [0, 0.05) is 29.3 Å². The van der Waals surface area contributed by atoms with Gasteiger partial charge in [0.1, 0.15) is 23.0 Å². The summed E-state index contributed by atoms with van der Waals surface area (Å²) in [5.74, 6) is -0.154. The number of nitrogens with zero attached hydrogens (tertiary/aromatic N) is 1. The van der Waals surface area contributed by atoms with Crippen LogP contribution in [0.4, 0.5) is 5.69 Å². The summed E-state index contributed by atoms with van der Waals surface area (Å²) in [7, 11) is 4.63. The van der Waals surface area contributed by atoms with Gasteiger partial charge < -0.3 is 19.3 Å². The predicted molar refractivity (Wildman–Crippen MR) is 152 cm³/mol. The number of hydrogen-bond donors (Lipinski definition) is 1. The number of amides is 1. The van der Waals surface area contributed by atoms with Crippen LogP contribution in [0.15, 0.2) is 66.2 Å². The summed E-state index contributed by atoms with van der Waals surface area (Å²) in [5, 5.41) is 11.7. The van der Waals surface area contributed by atoms with E-state index in [0.717, 1.165) is 17.5 Å². The molecule has 1 aliphatic heterocycles. The fraction of sp³-hybridized carbons (Fsp3) is 0.312. The summed E-state index contributed by atoms with van der Waals surface area (Å²) >= 11 is 0. The lowest BCUT2D eigenvalue weighted by Crippen LogP contribution is -2.29. The predicted octanol–water partition coefficient (Wildman–Crippen LogP) is 6.20. The standard InChI is InChI=1S/C32H35NO6/c1-8-19-9-11-20(12-10-19)28-27(29(34)21-13-14-26(39-7)25(15-21)32(2,3)4)30(35)31(36)33(28)22-16-23(37-5)18-24(17-22)38-6/h9-18,28,34H,8H2,1-7H3/b29-27-. The fourth-order valence-corrected chi connectivity index (χ4v) is 4.88. The van der Waals surface area contributed by atoms with Crippen LogP contribution in [-0.2, 0) is 21.4 Å². The fourth-order valence-electron chi connectivity index (χ4n) is 4.88. The van der Waals surface area contributed by atoms with Crippen LogP contribution >= 0.6 is 0 Å². The first-order valence-electron chi connectivity index (χ1n) is 12.9. The minimum atomic E-state index is -0.868. The SMILES string of the molecule is CCc1ccc(C2/C(=C(/O)c3ccc(OC)c(C(C)(C)C)c3)C(=O)C(=O)N2c2cc(OC)cc(OC)c2)cc1. The molecule has 0 aromatic heterocycles. The van der Waals surface area contributed by atoms with Crippen molar-refractivity contribution >= 4 is 23.1 Å². The van der Waals surface area contributed by atoms with Crippen molar-refractivity contribution < 1.29 is 28.9 Å². The van der Waals surface area contributed by atoms with Crippen molar-refractivity contribution in [1.29, 1.82) is 0 Å². The average molecular weight is 530 g/mol. The summed E-state index contributed by atoms with van der Waals surface area (Å²) in [6.07, 6.45) is 0.842. The van der Waals surface area contributed by atoms with Crippen LogP contribution in [-0.4, -0.2) is 38.1 Å². The molecule has 1 saturated heterocycles. The molecule has 1 atom stereocenters. The number of ketones is 1. The zero-order valence-corrected chi connectivity index (χ0v) is 23.5. The van der Waals surface area contributed by atoms with Gasteiger partial charge in [-0.1, -0.05) is 52.0 Å². The number of methoxy groups -OCH3 is 3. The van der Waals surface area contributed by atoms with Gasteiger partial charge in [0.15, 0.2) is 0 Å². The Bertz CT molecular complexity index is 1410. The molecule has 3 aromatic carbocycles. The second kappa shape index (κ2) is 10.8. The third-order valence-corrected chi connectivity index (χ3v) is 7.04. The van der Waals surface area contributed by atoms with E-state index in [0.29, 0.717) is 34.1 Å². The Kier molecular flexibility index (Phi) is 7.72. The normalized spacial score (nSPS) is 16.9. The molecule has 204 valence electrons. The Morgan fingerprint density at radius 2 is 1.49 bits per heavy atom. The van der Waals surface area contributed by atoms with Gasteiger partial charge >= 0.3 is 0 Å². The van der Waals surface area contributed by atoms with Crippen LogP contribution in [0.2, 0.25) is 0 Å². The zero-order valence-electron chi connectivity index (χ0n) is 23.5. The number of carbonyl (C=O) groups excluding carboxylic acids is 2. The number of ether oxygens (including phenoxy) is 3. The first kappa shape index (κ1) is 27.8. The third-order valence-electron chi connectivity index (χ3n) is 7.04. The first-order valence-corrected chi connectivity index (χ1v) is 12.9. The molecule has 1 N–H and O–H groups in total. The van der Waals surface area contributed by atoms with Crippen LogP contribution in [0, 0.1) is 0 Å². The van der Waals surface area contributed by atoms with Gasteiger partial charge in [-0.25, -0.2) is 0 Å². The Morgan fingerprint density at radius 1 is 0.872 bits per heavy atom. The molecule has 1 heterocycles. The number of Topliss-reactive ketones (excluding diaryl/α,β-unsaturated/α-hetero) is 1. The minimum Gasteiger partial charge on any atom is -0.507 e. The minimum absolute atomic E-state index is 0.0102. The summed E-state index contributed by atoms with van der Waals surface area (Å²) < 4.78 is 16.4. The first-order chi connectivity index (χ1) is 18.5. The van der Waals surface area contributed by atoms with Crippen molar-refractivity contribution in [3.8, 4) is 17.2 Å². The van der Waals surface area contributed by atoms with E-state index in [-0.39, 0.29) is 16.7 Å². The van der Waals surface area contributed by atoms with Crippen LogP contribution in [0.1, 0.15) is 56.0 Å². The topological polar surface area (TPSA) is 85.3 Å². The molecular formula is C32H35NO6. The maximum atomic E-state index is 13.6. The summed E-state index contributed by atoms with van der Waals surface area (Å²) in [6, 6.07) is 17.2. The highest BCUT2D eigenvalue weighted by atomic mass is 16.5. The molecule has 7 nitrogen and oxygen atoms in total. The van der Waals surface area contributed by atoms with Crippen molar-refractivity contribution in [3.05, 3.63) is 88.5 Å².